The summed E-state index contributed by atoms with van der Waals surface area (Å²) in [7, 11) is 1.61. The van der Waals surface area contributed by atoms with E-state index in [0.717, 1.165) is 10.7 Å². The summed E-state index contributed by atoms with van der Waals surface area (Å²) in [5, 5.41) is 7.60. The molecule has 0 aromatic carbocycles. The second-order valence-corrected chi connectivity index (χ2v) is 3.80. The molecule has 0 amide bonds. The van der Waals surface area contributed by atoms with Crippen molar-refractivity contribution in [1.29, 1.82) is 0 Å². The van der Waals surface area contributed by atoms with Gasteiger partial charge in [0, 0.05) is 13.2 Å². The molecule has 0 atom stereocenters. The van der Waals surface area contributed by atoms with Crippen molar-refractivity contribution < 1.29 is 13.2 Å². The summed E-state index contributed by atoms with van der Waals surface area (Å²) in [6.07, 6.45) is -2.64. The molecule has 0 radical (unpaired) electrons. The Morgan fingerprint density at radius 2 is 2.00 bits per heavy atom. The van der Waals surface area contributed by atoms with Crippen molar-refractivity contribution in [2.45, 2.75) is 19.5 Å². The maximum atomic E-state index is 12.5. The molecule has 8 heteroatoms. The zero-order valence-electron chi connectivity index (χ0n) is 9.86. The van der Waals surface area contributed by atoms with Crippen molar-refractivity contribution in [2.75, 3.05) is 5.73 Å². The van der Waals surface area contributed by atoms with Crippen LogP contribution in [0.2, 0.25) is 0 Å². The van der Waals surface area contributed by atoms with Crippen LogP contribution in [-0.2, 0) is 19.6 Å². The third-order valence-corrected chi connectivity index (χ3v) is 2.56. The van der Waals surface area contributed by atoms with Crippen LogP contribution in [0.15, 0.2) is 12.3 Å². The monoisotopic (exact) mass is 259 g/mol. The summed E-state index contributed by atoms with van der Waals surface area (Å²) in [5.41, 5.74) is 5.86. The highest BCUT2D eigenvalue weighted by molar-refractivity contribution is 5.57. The molecule has 0 saturated heterocycles. The number of aromatic nitrogens is 4. The van der Waals surface area contributed by atoms with Gasteiger partial charge in [-0.15, -0.1) is 0 Å². The quantitative estimate of drug-likeness (QED) is 0.894. The van der Waals surface area contributed by atoms with Gasteiger partial charge in [0.15, 0.2) is 11.5 Å². The molecule has 0 unspecified atom stereocenters. The molecule has 2 rings (SSSR count). The molecular formula is C10H12F3N5. The minimum atomic E-state index is -4.47. The number of hydrogen-bond acceptors (Lipinski definition) is 3. The lowest BCUT2D eigenvalue weighted by molar-refractivity contribution is -0.141. The first-order chi connectivity index (χ1) is 8.34. The number of hydrogen-bond donors (Lipinski definition) is 1. The van der Waals surface area contributed by atoms with E-state index < -0.39 is 11.9 Å². The van der Waals surface area contributed by atoms with Crippen molar-refractivity contribution >= 4 is 5.69 Å². The summed E-state index contributed by atoms with van der Waals surface area (Å²) in [6.45, 7) is 1.87. The van der Waals surface area contributed by atoms with E-state index in [-0.39, 0.29) is 0 Å². The number of nitrogens with zero attached hydrogens (tertiary/aromatic N) is 4. The van der Waals surface area contributed by atoms with Crippen molar-refractivity contribution in [1.82, 2.24) is 19.6 Å². The molecule has 0 aliphatic heterocycles. The van der Waals surface area contributed by atoms with E-state index in [4.69, 9.17) is 5.73 Å². The smallest absolute Gasteiger partial charge is 0.394 e. The van der Waals surface area contributed by atoms with Gasteiger partial charge in [-0.05, 0) is 12.5 Å². The largest absolute Gasteiger partial charge is 0.435 e. The van der Waals surface area contributed by atoms with E-state index in [9.17, 15) is 13.2 Å². The lowest BCUT2D eigenvalue weighted by Gasteiger charge is -2.04. The minimum absolute atomic E-state index is 0.336. The van der Waals surface area contributed by atoms with Gasteiger partial charge in [0.25, 0.3) is 0 Å². The number of rotatable bonds is 2. The normalized spacial score (nSPS) is 12.1. The first kappa shape index (κ1) is 12.5. The van der Waals surface area contributed by atoms with Crippen molar-refractivity contribution in [3.63, 3.8) is 0 Å². The maximum absolute atomic E-state index is 12.5. The third kappa shape index (κ3) is 1.93. The summed E-state index contributed by atoms with van der Waals surface area (Å²) in [4.78, 5) is 0. The fourth-order valence-corrected chi connectivity index (χ4v) is 1.71. The Kier molecular flexibility index (Phi) is 2.80. The lowest BCUT2D eigenvalue weighted by Crippen LogP contribution is -2.10. The van der Waals surface area contributed by atoms with Crippen LogP contribution < -0.4 is 5.73 Å². The number of nitrogen functional groups attached to an aromatic ring is 1. The Labute approximate surface area is 101 Å². The molecule has 0 fully saturated rings. The molecule has 2 N–H and O–H groups in total. The average molecular weight is 259 g/mol. The molecule has 0 aliphatic rings. The van der Waals surface area contributed by atoms with Gasteiger partial charge in [0.05, 0.1) is 5.69 Å². The van der Waals surface area contributed by atoms with Crippen LogP contribution in [-0.4, -0.2) is 19.6 Å². The predicted molar refractivity (Wildman–Crippen MR) is 59.1 cm³/mol. The van der Waals surface area contributed by atoms with Crippen molar-refractivity contribution in [3.8, 4) is 5.82 Å². The van der Waals surface area contributed by atoms with E-state index in [1.807, 2.05) is 6.92 Å². The summed E-state index contributed by atoms with van der Waals surface area (Å²) >= 11 is 0. The zero-order chi connectivity index (χ0) is 13.5. The van der Waals surface area contributed by atoms with E-state index in [1.165, 1.54) is 10.9 Å². The van der Waals surface area contributed by atoms with E-state index in [2.05, 4.69) is 10.2 Å². The SMILES string of the molecule is CCc1nn(C)c(-n2ccc(C(F)(F)F)n2)c1N. The first-order valence-corrected chi connectivity index (χ1v) is 5.29. The highest BCUT2D eigenvalue weighted by Crippen LogP contribution is 2.29. The molecule has 98 valence electrons. The second kappa shape index (κ2) is 4.04. The Hall–Kier alpha value is -1.99. The fourth-order valence-electron chi connectivity index (χ4n) is 1.71. The van der Waals surface area contributed by atoms with E-state index in [0.29, 0.717) is 23.6 Å². The van der Waals surface area contributed by atoms with Crippen LogP contribution in [0.25, 0.3) is 5.82 Å². The molecular weight excluding hydrogens is 247 g/mol. The third-order valence-electron chi connectivity index (χ3n) is 2.56. The highest BCUT2D eigenvalue weighted by atomic mass is 19.4. The van der Waals surface area contributed by atoms with Gasteiger partial charge in [-0.1, -0.05) is 6.92 Å². The molecule has 5 nitrogen and oxygen atoms in total. The molecule has 2 aromatic rings. The fraction of sp³-hybridized carbons (Fsp3) is 0.400. The minimum Gasteiger partial charge on any atom is -0.394 e. The Balaban J connectivity index is 2.50. The number of halogens is 3. The standard InChI is InChI=1S/C10H12F3N5/c1-3-6-8(14)9(17(2)15-6)18-5-4-7(16-18)10(11,12)13/h4-5H,3,14H2,1-2H3. The predicted octanol–water partition coefficient (Wildman–Crippen LogP) is 1.77. The lowest BCUT2D eigenvalue weighted by atomic mass is 10.3. The molecule has 0 spiro atoms. The van der Waals surface area contributed by atoms with Crippen molar-refractivity contribution in [2.24, 2.45) is 7.05 Å². The van der Waals surface area contributed by atoms with Gasteiger partial charge in [-0.25, -0.2) is 9.36 Å². The summed E-state index contributed by atoms with van der Waals surface area (Å²) in [5.74, 6) is 0.336. The van der Waals surface area contributed by atoms with Crippen LogP contribution in [0.4, 0.5) is 18.9 Å². The second-order valence-electron chi connectivity index (χ2n) is 3.80. The maximum Gasteiger partial charge on any atom is 0.435 e. The summed E-state index contributed by atoms with van der Waals surface area (Å²) in [6, 6.07) is 0.901. The van der Waals surface area contributed by atoms with Crippen LogP contribution in [0.3, 0.4) is 0 Å². The van der Waals surface area contributed by atoms with Gasteiger partial charge in [0.2, 0.25) is 0 Å². The first-order valence-electron chi connectivity index (χ1n) is 5.29. The van der Waals surface area contributed by atoms with Gasteiger partial charge in [-0.2, -0.15) is 23.4 Å². The molecule has 0 aliphatic carbocycles. The van der Waals surface area contributed by atoms with Crippen LogP contribution in [0.1, 0.15) is 18.3 Å². The molecule has 0 saturated carbocycles. The average Bonchev–Trinajstić information content (AvgIpc) is 2.83. The van der Waals surface area contributed by atoms with Crippen LogP contribution in [0, 0.1) is 0 Å². The zero-order valence-corrected chi connectivity index (χ0v) is 9.86. The van der Waals surface area contributed by atoms with Crippen molar-refractivity contribution in [3.05, 3.63) is 23.7 Å². The Morgan fingerprint density at radius 1 is 1.33 bits per heavy atom. The number of aryl methyl sites for hydroxylation is 2. The molecule has 2 aromatic heterocycles. The topological polar surface area (TPSA) is 61.7 Å². The molecule has 2 heterocycles. The van der Waals surface area contributed by atoms with Gasteiger partial charge >= 0.3 is 6.18 Å². The number of anilines is 1. The molecule has 0 bridgehead atoms. The number of alkyl halides is 3. The van der Waals surface area contributed by atoms with E-state index >= 15 is 0 Å². The Bertz CT molecular complexity index is 567. The van der Waals surface area contributed by atoms with Gasteiger partial charge < -0.3 is 5.73 Å². The van der Waals surface area contributed by atoms with Crippen LogP contribution in [0.5, 0.6) is 0 Å². The molecule has 18 heavy (non-hydrogen) atoms. The summed E-state index contributed by atoms with van der Waals surface area (Å²) < 4.78 is 39.9. The highest BCUT2D eigenvalue weighted by Gasteiger charge is 2.34. The van der Waals surface area contributed by atoms with Gasteiger partial charge in [0.1, 0.15) is 5.69 Å². The van der Waals surface area contributed by atoms with E-state index in [1.54, 1.807) is 7.05 Å². The Morgan fingerprint density at radius 3 is 2.44 bits per heavy atom. The van der Waals surface area contributed by atoms with Gasteiger partial charge in [-0.3, -0.25) is 0 Å². The van der Waals surface area contributed by atoms with Crippen LogP contribution >= 0.6 is 0 Å². The number of nitrogens with two attached hydrogens (primary N) is 1.